The first-order valence-corrected chi connectivity index (χ1v) is 8.38. The van der Waals surface area contributed by atoms with Gasteiger partial charge in [0.2, 0.25) is 0 Å². The maximum atomic E-state index is 12.1. The summed E-state index contributed by atoms with van der Waals surface area (Å²) in [5.41, 5.74) is 2.29. The molecule has 0 atom stereocenters. The van der Waals surface area contributed by atoms with Crippen LogP contribution in [0.3, 0.4) is 0 Å². The van der Waals surface area contributed by atoms with Gasteiger partial charge < -0.3 is 4.90 Å². The summed E-state index contributed by atoms with van der Waals surface area (Å²) in [7, 11) is 4.01. The molecule has 0 aromatic heterocycles. The first kappa shape index (κ1) is 19.2. The average Bonchev–Trinajstić information content (AvgIpc) is 2.53. The van der Waals surface area contributed by atoms with E-state index >= 15 is 0 Å². The van der Waals surface area contributed by atoms with E-state index in [0.29, 0.717) is 12.3 Å². The van der Waals surface area contributed by atoms with Crippen LogP contribution in [-0.2, 0) is 0 Å². The molecule has 0 unspecified atom stereocenters. The van der Waals surface area contributed by atoms with Crippen LogP contribution in [0.1, 0.15) is 67.3 Å². The summed E-state index contributed by atoms with van der Waals surface area (Å²) in [5, 5.41) is 0. The standard InChI is InChI=1S/C19H29NO.ClH/c1-4-15-5-7-16(8-6-15)17-9-11-18(12-10-17)19(21)13-14-20(2)3;/h9-12,15-16H,4-8,13-14H2,1-3H3;1H. The van der Waals surface area contributed by atoms with Crippen molar-refractivity contribution in [1.82, 2.24) is 4.90 Å². The van der Waals surface area contributed by atoms with E-state index in [1.54, 1.807) is 0 Å². The summed E-state index contributed by atoms with van der Waals surface area (Å²) in [5.74, 6) is 1.90. The molecule has 0 spiro atoms. The summed E-state index contributed by atoms with van der Waals surface area (Å²) < 4.78 is 0. The molecule has 0 heterocycles. The summed E-state index contributed by atoms with van der Waals surface area (Å²) in [6.07, 6.45) is 7.29. The van der Waals surface area contributed by atoms with Crippen molar-refractivity contribution in [1.29, 1.82) is 0 Å². The monoisotopic (exact) mass is 323 g/mol. The molecule has 124 valence electrons. The first-order valence-electron chi connectivity index (χ1n) is 8.38. The van der Waals surface area contributed by atoms with Gasteiger partial charge in [-0.05, 0) is 57.2 Å². The molecular weight excluding hydrogens is 294 g/mol. The van der Waals surface area contributed by atoms with Crippen LogP contribution < -0.4 is 0 Å². The van der Waals surface area contributed by atoms with Crippen molar-refractivity contribution >= 4 is 18.2 Å². The maximum Gasteiger partial charge on any atom is 0.164 e. The van der Waals surface area contributed by atoms with Crippen molar-refractivity contribution in [3.05, 3.63) is 35.4 Å². The molecule has 1 saturated carbocycles. The number of halogens is 1. The lowest BCUT2D eigenvalue weighted by atomic mass is 9.78. The molecule has 1 aromatic rings. The molecule has 2 rings (SSSR count). The maximum absolute atomic E-state index is 12.1. The minimum atomic E-state index is 0. The largest absolute Gasteiger partial charge is 0.309 e. The van der Waals surface area contributed by atoms with E-state index in [1.165, 1.54) is 37.7 Å². The molecule has 0 bridgehead atoms. The van der Waals surface area contributed by atoms with Gasteiger partial charge in [-0.1, -0.05) is 37.6 Å². The number of carbonyl (C=O) groups excluding carboxylic acids is 1. The van der Waals surface area contributed by atoms with Gasteiger partial charge in [0.15, 0.2) is 5.78 Å². The van der Waals surface area contributed by atoms with Gasteiger partial charge >= 0.3 is 0 Å². The Morgan fingerprint density at radius 3 is 2.18 bits per heavy atom. The van der Waals surface area contributed by atoms with Crippen LogP contribution >= 0.6 is 12.4 Å². The lowest BCUT2D eigenvalue weighted by molar-refractivity contribution is 0.0972. The Labute approximate surface area is 141 Å². The van der Waals surface area contributed by atoms with Crippen molar-refractivity contribution in [2.24, 2.45) is 5.92 Å². The van der Waals surface area contributed by atoms with E-state index in [0.717, 1.165) is 18.0 Å². The number of benzene rings is 1. The zero-order valence-corrected chi connectivity index (χ0v) is 15.0. The van der Waals surface area contributed by atoms with E-state index < -0.39 is 0 Å². The third-order valence-corrected chi connectivity index (χ3v) is 4.91. The fourth-order valence-corrected chi connectivity index (χ4v) is 3.31. The Morgan fingerprint density at radius 1 is 1.09 bits per heavy atom. The predicted molar refractivity (Wildman–Crippen MR) is 96.2 cm³/mol. The van der Waals surface area contributed by atoms with E-state index in [4.69, 9.17) is 0 Å². The summed E-state index contributed by atoms with van der Waals surface area (Å²) in [6, 6.07) is 8.41. The van der Waals surface area contributed by atoms with Crippen molar-refractivity contribution in [3.63, 3.8) is 0 Å². The van der Waals surface area contributed by atoms with Gasteiger partial charge in [0.05, 0.1) is 0 Å². The molecule has 0 amide bonds. The summed E-state index contributed by atoms with van der Waals surface area (Å²) in [4.78, 5) is 14.1. The molecule has 1 aliphatic carbocycles. The Morgan fingerprint density at radius 2 is 1.68 bits per heavy atom. The summed E-state index contributed by atoms with van der Waals surface area (Å²) in [6.45, 7) is 3.13. The highest BCUT2D eigenvalue weighted by molar-refractivity contribution is 5.96. The predicted octanol–water partition coefficient (Wildman–Crippen LogP) is 4.93. The van der Waals surface area contributed by atoms with Crippen LogP contribution in [0, 0.1) is 5.92 Å². The van der Waals surface area contributed by atoms with Gasteiger partial charge in [-0.25, -0.2) is 0 Å². The molecule has 1 fully saturated rings. The Bertz CT molecular complexity index is 447. The highest BCUT2D eigenvalue weighted by atomic mass is 35.5. The molecule has 0 aliphatic heterocycles. The number of ketones is 1. The van der Waals surface area contributed by atoms with E-state index in [1.807, 2.05) is 26.2 Å². The van der Waals surface area contributed by atoms with Crippen LogP contribution in [0.15, 0.2) is 24.3 Å². The van der Waals surface area contributed by atoms with Crippen LogP contribution in [0.5, 0.6) is 0 Å². The van der Waals surface area contributed by atoms with Crippen molar-refractivity contribution in [2.75, 3.05) is 20.6 Å². The third kappa shape index (κ3) is 5.40. The first-order chi connectivity index (χ1) is 10.1. The lowest BCUT2D eigenvalue weighted by Gasteiger charge is -2.28. The molecular formula is C19H30ClNO. The fourth-order valence-electron chi connectivity index (χ4n) is 3.31. The van der Waals surface area contributed by atoms with Crippen LogP contribution in [0.25, 0.3) is 0 Å². The Kier molecular flexibility index (Phi) is 8.13. The molecule has 1 aliphatic rings. The number of hydrogen-bond donors (Lipinski definition) is 0. The second-order valence-corrected chi connectivity index (χ2v) is 6.72. The highest BCUT2D eigenvalue weighted by Crippen LogP contribution is 2.36. The van der Waals surface area contributed by atoms with Gasteiger partial charge in [-0.15, -0.1) is 12.4 Å². The Hall–Kier alpha value is -0.860. The third-order valence-electron chi connectivity index (χ3n) is 4.91. The molecule has 0 N–H and O–H groups in total. The highest BCUT2D eigenvalue weighted by Gasteiger charge is 2.21. The SMILES string of the molecule is CCC1CCC(c2ccc(C(=O)CCN(C)C)cc2)CC1.Cl. The zero-order valence-electron chi connectivity index (χ0n) is 14.2. The summed E-state index contributed by atoms with van der Waals surface area (Å²) >= 11 is 0. The van der Waals surface area contributed by atoms with Crippen LogP contribution in [-0.4, -0.2) is 31.3 Å². The molecule has 3 heteroatoms. The fraction of sp³-hybridized carbons (Fsp3) is 0.632. The van der Waals surface area contributed by atoms with Crippen LogP contribution in [0.4, 0.5) is 0 Å². The Balaban J connectivity index is 0.00000242. The normalized spacial score (nSPS) is 21.5. The molecule has 0 radical (unpaired) electrons. The smallest absolute Gasteiger partial charge is 0.164 e. The second kappa shape index (κ2) is 9.32. The minimum Gasteiger partial charge on any atom is -0.309 e. The van der Waals surface area contributed by atoms with E-state index in [9.17, 15) is 4.79 Å². The average molecular weight is 324 g/mol. The molecule has 2 nitrogen and oxygen atoms in total. The van der Waals surface area contributed by atoms with E-state index in [-0.39, 0.29) is 18.2 Å². The van der Waals surface area contributed by atoms with Gasteiger partial charge in [0.25, 0.3) is 0 Å². The topological polar surface area (TPSA) is 20.3 Å². The number of carbonyl (C=O) groups is 1. The molecule has 22 heavy (non-hydrogen) atoms. The van der Waals surface area contributed by atoms with Gasteiger partial charge in [-0.3, -0.25) is 4.79 Å². The van der Waals surface area contributed by atoms with Gasteiger partial charge in [-0.2, -0.15) is 0 Å². The number of rotatable bonds is 6. The van der Waals surface area contributed by atoms with Crippen molar-refractivity contribution in [3.8, 4) is 0 Å². The van der Waals surface area contributed by atoms with E-state index in [2.05, 4.69) is 24.0 Å². The minimum absolute atomic E-state index is 0. The number of Topliss-reactive ketones (excluding diaryl/α,β-unsaturated/α-hetero) is 1. The quantitative estimate of drug-likeness (QED) is 0.692. The zero-order chi connectivity index (χ0) is 15.2. The van der Waals surface area contributed by atoms with Crippen LogP contribution in [0.2, 0.25) is 0 Å². The number of hydrogen-bond acceptors (Lipinski definition) is 2. The second-order valence-electron chi connectivity index (χ2n) is 6.72. The number of nitrogens with zero attached hydrogens (tertiary/aromatic N) is 1. The van der Waals surface area contributed by atoms with Gasteiger partial charge in [0, 0.05) is 18.5 Å². The lowest BCUT2D eigenvalue weighted by Crippen LogP contribution is -2.16. The van der Waals surface area contributed by atoms with Crippen molar-refractivity contribution in [2.45, 2.75) is 51.4 Å². The van der Waals surface area contributed by atoms with Crippen molar-refractivity contribution < 1.29 is 4.79 Å². The van der Waals surface area contributed by atoms with Gasteiger partial charge in [0.1, 0.15) is 0 Å². The molecule has 0 saturated heterocycles. The molecule has 1 aromatic carbocycles.